The highest BCUT2D eigenvalue weighted by Crippen LogP contribution is 2.34. The van der Waals surface area contributed by atoms with E-state index in [1.54, 1.807) is 23.7 Å². The van der Waals surface area contributed by atoms with Crippen LogP contribution in [0.25, 0.3) is 0 Å². The maximum absolute atomic E-state index is 12.6. The molecular formula is C18H17N5O4S. The Bertz CT molecular complexity index is 1050. The molecule has 3 aromatic rings. The Morgan fingerprint density at radius 2 is 2.07 bits per heavy atom. The van der Waals surface area contributed by atoms with E-state index in [-0.39, 0.29) is 11.3 Å². The van der Waals surface area contributed by atoms with Gasteiger partial charge in [0.1, 0.15) is 12.1 Å². The van der Waals surface area contributed by atoms with Crippen LogP contribution in [0.3, 0.4) is 0 Å². The first-order chi connectivity index (χ1) is 13.4. The van der Waals surface area contributed by atoms with Crippen molar-refractivity contribution in [1.82, 2.24) is 14.8 Å². The summed E-state index contributed by atoms with van der Waals surface area (Å²) in [5, 5.41) is 22.4. The lowest BCUT2D eigenvalue weighted by molar-refractivity contribution is -0.387. The first-order valence-electron chi connectivity index (χ1n) is 8.15. The Kier molecular flexibility index (Phi) is 5.59. The third-order valence-corrected chi connectivity index (χ3v) is 5.01. The predicted octanol–water partition coefficient (Wildman–Crippen LogP) is 3.44. The summed E-state index contributed by atoms with van der Waals surface area (Å²) in [7, 11) is 3.24. The second-order valence-corrected chi connectivity index (χ2v) is 6.93. The number of aryl methyl sites for hydroxylation is 2. The van der Waals surface area contributed by atoms with E-state index in [0.29, 0.717) is 21.5 Å². The van der Waals surface area contributed by atoms with E-state index in [1.165, 1.54) is 31.6 Å². The molecule has 0 saturated carbocycles. The van der Waals surface area contributed by atoms with Crippen molar-refractivity contribution in [3.05, 3.63) is 64.0 Å². The summed E-state index contributed by atoms with van der Waals surface area (Å²) in [6, 6.07) is 9.68. The second-order valence-electron chi connectivity index (χ2n) is 5.92. The van der Waals surface area contributed by atoms with Crippen LogP contribution in [0.4, 0.5) is 11.4 Å². The van der Waals surface area contributed by atoms with Gasteiger partial charge < -0.3 is 14.6 Å². The molecule has 0 unspecified atom stereocenters. The van der Waals surface area contributed by atoms with Crippen LogP contribution in [-0.4, -0.2) is 32.7 Å². The summed E-state index contributed by atoms with van der Waals surface area (Å²) in [5.74, 6) is 0.0325. The number of nitrogens with one attached hydrogen (secondary N) is 1. The quantitative estimate of drug-likeness (QED) is 0.499. The number of methoxy groups -OCH3 is 1. The average Bonchev–Trinajstić information content (AvgIpc) is 3.06. The van der Waals surface area contributed by atoms with Gasteiger partial charge in [-0.2, -0.15) is 0 Å². The van der Waals surface area contributed by atoms with E-state index >= 15 is 0 Å². The standard InChI is InChI=1S/C18H17N5O4S/c1-11-4-6-15(27-3)13(8-11)20-17(24)12-5-7-16(14(9-12)23(25)26)28-18-21-19-10-22(18)2/h4-10H,1-3H3,(H,20,24). The Balaban J connectivity index is 1.89. The Morgan fingerprint density at radius 1 is 1.29 bits per heavy atom. The molecule has 3 rings (SSSR count). The van der Waals surface area contributed by atoms with E-state index in [0.717, 1.165) is 17.3 Å². The van der Waals surface area contributed by atoms with Crippen LogP contribution in [0.2, 0.25) is 0 Å². The van der Waals surface area contributed by atoms with Crippen molar-refractivity contribution in [3.63, 3.8) is 0 Å². The van der Waals surface area contributed by atoms with E-state index in [9.17, 15) is 14.9 Å². The first-order valence-corrected chi connectivity index (χ1v) is 8.97. The van der Waals surface area contributed by atoms with Crippen LogP contribution < -0.4 is 10.1 Å². The van der Waals surface area contributed by atoms with Gasteiger partial charge in [0.15, 0.2) is 5.16 Å². The highest BCUT2D eigenvalue weighted by molar-refractivity contribution is 7.99. The molecule has 0 saturated heterocycles. The minimum atomic E-state index is -0.525. The molecule has 1 heterocycles. The highest BCUT2D eigenvalue weighted by Gasteiger charge is 2.20. The van der Waals surface area contributed by atoms with Crippen molar-refractivity contribution in [2.75, 3.05) is 12.4 Å². The van der Waals surface area contributed by atoms with Gasteiger partial charge in [-0.25, -0.2) is 0 Å². The van der Waals surface area contributed by atoms with Crippen LogP contribution in [0.5, 0.6) is 5.75 Å². The molecule has 9 nitrogen and oxygen atoms in total. The molecule has 0 atom stereocenters. The second kappa shape index (κ2) is 8.09. The van der Waals surface area contributed by atoms with Gasteiger partial charge in [0.25, 0.3) is 11.6 Å². The van der Waals surface area contributed by atoms with Gasteiger partial charge in [0.05, 0.1) is 22.6 Å². The largest absolute Gasteiger partial charge is 0.495 e. The Labute approximate surface area is 164 Å². The van der Waals surface area contributed by atoms with Crippen LogP contribution in [0.15, 0.2) is 52.8 Å². The van der Waals surface area contributed by atoms with Crippen LogP contribution in [0, 0.1) is 17.0 Å². The van der Waals surface area contributed by atoms with Crippen molar-refractivity contribution >= 4 is 29.0 Å². The number of ether oxygens (including phenoxy) is 1. The molecule has 2 aromatic carbocycles. The Hall–Kier alpha value is -3.40. The van der Waals surface area contributed by atoms with Crippen molar-refractivity contribution < 1.29 is 14.5 Å². The van der Waals surface area contributed by atoms with Crippen molar-refractivity contribution in [1.29, 1.82) is 0 Å². The molecule has 10 heteroatoms. The number of rotatable bonds is 6. The van der Waals surface area contributed by atoms with Crippen molar-refractivity contribution in [3.8, 4) is 5.75 Å². The highest BCUT2D eigenvalue weighted by atomic mass is 32.2. The fourth-order valence-electron chi connectivity index (χ4n) is 2.46. The number of nitrogens with zero attached hydrogens (tertiary/aromatic N) is 4. The van der Waals surface area contributed by atoms with Gasteiger partial charge >= 0.3 is 0 Å². The zero-order chi connectivity index (χ0) is 20.3. The van der Waals surface area contributed by atoms with E-state index in [2.05, 4.69) is 15.5 Å². The third kappa shape index (κ3) is 4.12. The summed E-state index contributed by atoms with van der Waals surface area (Å²) < 4.78 is 6.90. The molecule has 1 amide bonds. The molecule has 0 bridgehead atoms. The number of anilines is 1. The zero-order valence-electron chi connectivity index (χ0n) is 15.4. The first kappa shape index (κ1) is 19.4. The molecule has 1 N–H and O–H groups in total. The molecular weight excluding hydrogens is 382 g/mol. The van der Waals surface area contributed by atoms with Gasteiger partial charge in [-0.1, -0.05) is 6.07 Å². The number of amides is 1. The maximum atomic E-state index is 12.6. The number of carbonyl (C=O) groups is 1. The number of nitro groups is 1. The number of benzene rings is 2. The maximum Gasteiger partial charge on any atom is 0.284 e. The smallest absolute Gasteiger partial charge is 0.284 e. The topological polar surface area (TPSA) is 112 Å². The lowest BCUT2D eigenvalue weighted by Crippen LogP contribution is -2.13. The minimum absolute atomic E-state index is 0.164. The van der Waals surface area contributed by atoms with E-state index < -0.39 is 10.8 Å². The predicted molar refractivity (Wildman–Crippen MR) is 104 cm³/mol. The van der Waals surface area contributed by atoms with Gasteiger partial charge in [-0.05, 0) is 48.5 Å². The van der Waals surface area contributed by atoms with Crippen LogP contribution >= 0.6 is 11.8 Å². The molecule has 0 radical (unpaired) electrons. The van der Waals surface area contributed by atoms with Gasteiger partial charge in [-0.15, -0.1) is 10.2 Å². The van der Waals surface area contributed by atoms with Crippen LogP contribution in [-0.2, 0) is 7.05 Å². The molecule has 0 spiro atoms. The number of nitro benzene ring substituents is 1. The number of hydrogen-bond donors (Lipinski definition) is 1. The number of hydrogen-bond acceptors (Lipinski definition) is 7. The van der Waals surface area contributed by atoms with Gasteiger partial charge in [-0.3, -0.25) is 14.9 Å². The normalized spacial score (nSPS) is 10.5. The van der Waals surface area contributed by atoms with Gasteiger partial charge in [0.2, 0.25) is 0 Å². The molecule has 28 heavy (non-hydrogen) atoms. The molecule has 0 fully saturated rings. The van der Waals surface area contributed by atoms with Crippen molar-refractivity contribution in [2.24, 2.45) is 7.05 Å². The molecule has 0 aliphatic rings. The number of aromatic nitrogens is 3. The minimum Gasteiger partial charge on any atom is -0.495 e. The lowest BCUT2D eigenvalue weighted by atomic mass is 10.1. The fourth-order valence-corrected chi connectivity index (χ4v) is 3.31. The lowest BCUT2D eigenvalue weighted by Gasteiger charge is -2.11. The van der Waals surface area contributed by atoms with Gasteiger partial charge in [0, 0.05) is 18.7 Å². The Morgan fingerprint density at radius 3 is 2.71 bits per heavy atom. The summed E-state index contributed by atoms with van der Waals surface area (Å²) >= 11 is 1.10. The SMILES string of the molecule is COc1ccc(C)cc1NC(=O)c1ccc(Sc2nncn2C)c([N+](=O)[O-])c1. The number of carbonyl (C=O) groups excluding carboxylic acids is 1. The summed E-state index contributed by atoms with van der Waals surface area (Å²) in [4.78, 5) is 24.0. The monoisotopic (exact) mass is 399 g/mol. The summed E-state index contributed by atoms with van der Waals surface area (Å²) in [6.45, 7) is 1.89. The molecule has 1 aromatic heterocycles. The van der Waals surface area contributed by atoms with E-state index in [4.69, 9.17) is 4.74 Å². The molecule has 0 aliphatic carbocycles. The molecule has 0 aliphatic heterocycles. The van der Waals surface area contributed by atoms with E-state index in [1.807, 2.05) is 13.0 Å². The van der Waals surface area contributed by atoms with Crippen LogP contribution in [0.1, 0.15) is 15.9 Å². The van der Waals surface area contributed by atoms with Crippen molar-refractivity contribution in [2.45, 2.75) is 17.0 Å². The average molecular weight is 399 g/mol. The molecule has 144 valence electrons. The summed E-state index contributed by atoms with van der Waals surface area (Å²) in [5.41, 5.74) is 1.42. The third-order valence-electron chi connectivity index (χ3n) is 3.89. The summed E-state index contributed by atoms with van der Waals surface area (Å²) in [6.07, 6.45) is 1.51. The fraction of sp³-hybridized carbons (Fsp3) is 0.167. The zero-order valence-corrected chi connectivity index (χ0v) is 16.2.